The SMILES string of the molecule is CCS(=O)(=O)c1cccc(Oc2ccc(F)c(-c3cc(C)nc4c(Cl)cccc34)c2)c1. The van der Waals surface area contributed by atoms with Crippen molar-refractivity contribution < 1.29 is 17.5 Å². The van der Waals surface area contributed by atoms with Crippen molar-refractivity contribution in [1.82, 2.24) is 4.98 Å². The fourth-order valence-corrected chi connectivity index (χ4v) is 4.50. The molecular formula is C24H19ClFNO3S. The van der Waals surface area contributed by atoms with E-state index in [-0.39, 0.29) is 10.6 Å². The van der Waals surface area contributed by atoms with Crippen molar-refractivity contribution in [3.05, 3.63) is 83.3 Å². The Hall–Kier alpha value is -2.96. The van der Waals surface area contributed by atoms with E-state index in [2.05, 4.69) is 4.98 Å². The van der Waals surface area contributed by atoms with Gasteiger partial charge in [-0.1, -0.05) is 36.7 Å². The van der Waals surface area contributed by atoms with Gasteiger partial charge in [0.1, 0.15) is 17.3 Å². The number of benzene rings is 3. The van der Waals surface area contributed by atoms with Crippen molar-refractivity contribution in [1.29, 1.82) is 0 Å². The fourth-order valence-electron chi connectivity index (χ4n) is 3.37. The summed E-state index contributed by atoms with van der Waals surface area (Å²) in [5.41, 5.74) is 2.30. The van der Waals surface area contributed by atoms with Gasteiger partial charge in [0.25, 0.3) is 0 Å². The Kier molecular flexibility index (Phi) is 5.69. The molecule has 0 atom stereocenters. The second kappa shape index (κ2) is 8.29. The molecule has 3 aromatic carbocycles. The first kappa shape index (κ1) is 21.3. The number of aryl methyl sites for hydroxylation is 1. The average molecular weight is 456 g/mol. The molecule has 4 nitrogen and oxygen atoms in total. The standard InChI is InChI=1S/C24H19ClFNO3S/c1-3-31(28,29)18-7-4-6-16(13-18)30-17-10-11-23(26)21(14-17)20-12-15(2)27-24-19(20)8-5-9-22(24)25/h4-14H,3H2,1-2H3. The molecule has 0 saturated carbocycles. The van der Waals surface area contributed by atoms with E-state index in [1.165, 1.54) is 24.3 Å². The second-order valence-electron chi connectivity index (χ2n) is 7.07. The van der Waals surface area contributed by atoms with Gasteiger partial charge >= 0.3 is 0 Å². The Morgan fingerprint density at radius 2 is 1.71 bits per heavy atom. The van der Waals surface area contributed by atoms with Crippen LogP contribution in [0.15, 0.2) is 71.6 Å². The maximum Gasteiger partial charge on any atom is 0.178 e. The van der Waals surface area contributed by atoms with Gasteiger partial charge in [-0.05, 0) is 61.0 Å². The minimum atomic E-state index is -3.36. The molecule has 0 radical (unpaired) electrons. The normalized spacial score (nSPS) is 11.6. The highest BCUT2D eigenvalue weighted by Crippen LogP contribution is 2.36. The summed E-state index contributed by atoms with van der Waals surface area (Å²) in [5.74, 6) is 0.313. The van der Waals surface area contributed by atoms with Crippen LogP contribution >= 0.6 is 11.6 Å². The molecule has 0 aliphatic heterocycles. The third-order valence-electron chi connectivity index (χ3n) is 4.93. The molecule has 4 rings (SSSR count). The first-order valence-corrected chi connectivity index (χ1v) is 11.7. The molecule has 0 saturated heterocycles. The number of aromatic nitrogens is 1. The number of nitrogens with zero attached hydrogens (tertiary/aromatic N) is 1. The largest absolute Gasteiger partial charge is 0.457 e. The topological polar surface area (TPSA) is 56.3 Å². The lowest BCUT2D eigenvalue weighted by Gasteiger charge is -2.13. The van der Waals surface area contributed by atoms with E-state index in [0.717, 1.165) is 5.39 Å². The number of sulfone groups is 1. The van der Waals surface area contributed by atoms with Crippen LogP contribution in [0.5, 0.6) is 11.5 Å². The van der Waals surface area contributed by atoms with Gasteiger partial charge in [-0.25, -0.2) is 12.8 Å². The van der Waals surface area contributed by atoms with Gasteiger partial charge in [0.2, 0.25) is 0 Å². The smallest absolute Gasteiger partial charge is 0.178 e. The molecule has 0 N–H and O–H groups in total. The number of halogens is 2. The van der Waals surface area contributed by atoms with Crippen LogP contribution in [0.3, 0.4) is 0 Å². The van der Waals surface area contributed by atoms with E-state index < -0.39 is 15.7 Å². The van der Waals surface area contributed by atoms with Gasteiger partial charge in [0.15, 0.2) is 9.84 Å². The zero-order chi connectivity index (χ0) is 22.2. The van der Waals surface area contributed by atoms with Crippen LogP contribution in [0, 0.1) is 12.7 Å². The monoisotopic (exact) mass is 455 g/mol. The summed E-state index contributed by atoms with van der Waals surface area (Å²) in [4.78, 5) is 4.66. The summed E-state index contributed by atoms with van der Waals surface area (Å²) >= 11 is 6.30. The maximum atomic E-state index is 14.8. The zero-order valence-electron chi connectivity index (χ0n) is 16.9. The molecule has 1 aromatic heterocycles. The molecule has 0 bridgehead atoms. The Morgan fingerprint density at radius 1 is 0.968 bits per heavy atom. The molecular weight excluding hydrogens is 437 g/mol. The number of hydrogen-bond donors (Lipinski definition) is 0. The van der Waals surface area contributed by atoms with Crippen LogP contribution in [0.1, 0.15) is 12.6 Å². The maximum absolute atomic E-state index is 14.8. The van der Waals surface area contributed by atoms with Crippen LogP contribution in [0.25, 0.3) is 22.0 Å². The Morgan fingerprint density at radius 3 is 2.48 bits per heavy atom. The van der Waals surface area contributed by atoms with E-state index in [4.69, 9.17) is 16.3 Å². The highest BCUT2D eigenvalue weighted by molar-refractivity contribution is 7.91. The molecule has 0 unspecified atom stereocenters. The quantitative estimate of drug-likeness (QED) is 0.340. The molecule has 0 aliphatic rings. The van der Waals surface area contributed by atoms with Crippen molar-refractivity contribution >= 4 is 32.3 Å². The van der Waals surface area contributed by atoms with Gasteiger partial charge in [-0.3, -0.25) is 4.98 Å². The Bertz CT molecular complexity index is 1400. The van der Waals surface area contributed by atoms with Crippen molar-refractivity contribution in [2.75, 3.05) is 5.75 Å². The number of pyridine rings is 1. The third-order valence-corrected chi connectivity index (χ3v) is 6.96. The number of fused-ring (bicyclic) bond motifs is 1. The molecule has 158 valence electrons. The molecule has 0 spiro atoms. The van der Waals surface area contributed by atoms with E-state index in [0.29, 0.717) is 38.9 Å². The number of para-hydroxylation sites is 1. The van der Waals surface area contributed by atoms with E-state index >= 15 is 0 Å². The van der Waals surface area contributed by atoms with Crippen molar-refractivity contribution in [3.8, 4) is 22.6 Å². The van der Waals surface area contributed by atoms with Crippen molar-refractivity contribution in [2.45, 2.75) is 18.7 Å². The van der Waals surface area contributed by atoms with Crippen LogP contribution < -0.4 is 4.74 Å². The lowest BCUT2D eigenvalue weighted by molar-refractivity contribution is 0.479. The van der Waals surface area contributed by atoms with E-state index in [1.54, 1.807) is 43.3 Å². The van der Waals surface area contributed by atoms with Crippen molar-refractivity contribution in [3.63, 3.8) is 0 Å². The molecule has 0 fully saturated rings. The molecule has 0 amide bonds. The van der Waals surface area contributed by atoms with Gasteiger partial charge < -0.3 is 4.74 Å². The van der Waals surface area contributed by atoms with E-state index in [9.17, 15) is 12.8 Å². The first-order chi connectivity index (χ1) is 14.8. The minimum absolute atomic E-state index is 0.00578. The number of hydrogen-bond acceptors (Lipinski definition) is 4. The summed E-state index contributed by atoms with van der Waals surface area (Å²) in [7, 11) is -3.36. The van der Waals surface area contributed by atoms with Crippen LogP contribution in [0.2, 0.25) is 5.02 Å². The molecule has 4 aromatic rings. The molecule has 31 heavy (non-hydrogen) atoms. The third kappa shape index (κ3) is 4.27. The van der Waals surface area contributed by atoms with Gasteiger partial charge in [-0.2, -0.15) is 0 Å². The summed E-state index contributed by atoms with van der Waals surface area (Å²) in [5, 5.41) is 1.22. The minimum Gasteiger partial charge on any atom is -0.457 e. The van der Waals surface area contributed by atoms with Gasteiger partial charge in [0.05, 0.1) is 21.2 Å². The van der Waals surface area contributed by atoms with E-state index in [1.807, 2.05) is 13.0 Å². The number of ether oxygens (including phenoxy) is 1. The molecule has 7 heteroatoms. The molecule has 1 heterocycles. The predicted octanol–water partition coefficient (Wildman–Crippen LogP) is 6.59. The van der Waals surface area contributed by atoms with Crippen LogP contribution in [-0.2, 0) is 9.84 Å². The average Bonchev–Trinajstić information content (AvgIpc) is 2.75. The summed E-state index contributed by atoms with van der Waals surface area (Å²) in [6.45, 7) is 3.41. The second-order valence-corrected chi connectivity index (χ2v) is 9.75. The summed E-state index contributed by atoms with van der Waals surface area (Å²) < 4.78 is 45.0. The fraction of sp³-hybridized carbons (Fsp3) is 0.125. The summed E-state index contributed by atoms with van der Waals surface area (Å²) in [6, 6.07) is 17.9. The van der Waals surface area contributed by atoms with Crippen LogP contribution in [0.4, 0.5) is 4.39 Å². The van der Waals surface area contributed by atoms with Gasteiger partial charge in [0, 0.05) is 16.6 Å². The van der Waals surface area contributed by atoms with Gasteiger partial charge in [-0.15, -0.1) is 0 Å². The first-order valence-electron chi connectivity index (χ1n) is 9.65. The number of rotatable bonds is 5. The van der Waals surface area contributed by atoms with Crippen LogP contribution in [-0.4, -0.2) is 19.2 Å². The lowest BCUT2D eigenvalue weighted by Crippen LogP contribution is -2.03. The summed E-state index contributed by atoms with van der Waals surface area (Å²) in [6.07, 6.45) is 0. The highest BCUT2D eigenvalue weighted by Gasteiger charge is 2.15. The lowest BCUT2D eigenvalue weighted by atomic mass is 9.99. The Labute approximate surface area is 185 Å². The van der Waals surface area contributed by atoms with Crippen molar-refractivity contribution in [2.24, 2.45) is 0 Å². The highest BCUT2D eigenvalue weighted by atomic mass is 35.5. The predicted molar refractivity (Wildman–Crippen MR) is 121 cm³/mol. The molecule has 0 aliphatic carbocycles. The zero-order valence-corrected chi connectivity index (χ0v) is 18.5. The Balaban J connectivity index is 1.79.